The summed E-state index contributed by atoms with van der Waals surface area (Å²) in [7, 11) is 2.05. The van der Waals surface area contributed by atoms with Crippen molar-refractivity contribution in [2.24, 2.45) is 0 Å². The lowest BCUT2D eigenvalue weighted by molar-refractivity contribution is 0.0845. The van der Waals surface area contributed by atoms with Gasteiger partial charge in [-0.1, -0.05) is 22.0 Å². The van der Waals surface area contributed by atoms with E-state index in [2.05, 4.69) is 51.1 Å². The molecule has 0 saturated heterocycles. The van der Waals surface area contributed by atoms with Crippen LogP contribution in [0.2, 0.25) is 0 Å². The van der Waals surface area contributed by atoms with E-state index >= 15 is 0 Å². The van der Waals surface area contributed by atoms with E-state index < -0.39 is 0 Å². The quantitative estimate of drug-likeness (QED) is 0.764. The average molecular weight is 326 g/mol. The van der Waals surface area contributed by atoms with Gasteiger partial charge in [-0.3, -0.25) is 0 Å². The lowest BCUT2D eigenvalue weighted by Crippen LogP contribution is -2.25. The van der Waals surface area contributed by atoms with E-state index in [1.54, 1.807) is 0 Å². The van der Waals surface area contributed by atoms with Crippen molar-refractivity contribution < 1.29 is 4.74 Å². The Hall–Kier alpha value is -1.07. The Morgan fingerprint density at radius 3 is 2.89 bits per heavy atom. The van der Waals surface area contributed by atoms with Crippen LogP contribution < -0.4 is 4.90 Å². The van der Waals surface area contributed by atoms with E-state index in [1.807, 2.05) is 24.4 Å². The van der Waals surface area contributed by atoms with Gasteiger partial charge in [-0.25, -0.2) is 4.98 Å². The largest absolute Gasteiger partial charge is 0.377 e. The van der Waals surface area contributed by atoms with Gasteiger partial charge in [0.25, 0.3) is 0 Å². The van der Waals surface area contributed by atoms with Gasteiger partial charge in [0, 0.05) is 25.1 Å². The average Bonchev–Trinajstić information content (AvgIpc) is 2.76. The molecule has 104 valence electrons. The third kappa shape index (κ3) is 3.28. The molecule has 0 aromatic carbocycles. The molecule has 4 nitrogen and oxygen atoms in total. The van der Waals surface area contributed by atoms with Crippen molar-refractivity contribution in [3.8, 4) is 0 Å². The number of hydrogen-bond acceptors (Lipinski definition) is 3. The van der Waals surface area contributed by atoms with Gasteiger partial charge in [0.2, 0.25) is 0 Å². The summed E-state index contributed by atoms with van der Waals surface area (Å²) in [4.78, 5) is 6.83. The Labute approximate surface area is 122 Å². The third-order valence-electron chi connectivity index (χ3n) is 2.97. The summed E-state index contributed by atoms with van der Waals surface area (Å²) >= 11 is 3.55. The molecule has 0 spiro atoms. The number of pyridine rings is 1. The van der Waals surface area contributed by atoms with E-state index in [0.29, 0.717) is 6.61 Å². The molecule has 0 saturated carbocycles. The second-order valence-electron chi connectivity index (χ2n) is 4.79. The lowest BCUT2D eigenvalue weighted by atomic mass is 10.4. The van der Waals surface area contributed by atoms with Crippen LogP contribution in [0.3, 0.4) is 0 Å². The van der Waals surface area contributed by atoms with Crippen molar-refractivity contribution in [3.63, 3.8) is 0 Å². The molecule has 0 bridgehead atoms. The molecule has 0 aliphatic heterocycles. The van der Waals surface area contributed by atoms with E-state index in [4.69, 9.17) is 4.74 Å². The number of ether oxygens (including phenoxy) is 1. The Morgan fingerprint density at radius 2 is 2.21 bits per heavy atom. The topological polar surface area (TPSA) is 29.8 Å². The van der Waals surface area contributed by atoms with Crippen LogP contribution in [0.5, 0.6) is 0 Å². The number of fused-ring (bicyclic) bond motifs is 1. The number of nitrogens with zero attached hydrogens (tertiary/aromatic N) is 3. The summed E-state index contributed by atoms with van der Waals surface area (Å²) in [5.41, 5.74) is 2.14. The molecule has 0 fully saturated rings. The molecule has 0 unspecified atom stereocenters. The number of anilines is 1. The molecule has 2 aromatic rings. The first-order chi connectivity index (χ1) is 9.13. The minimum atomic E-state index is 0.269. The smallest absolute Gasteiger partial charge is 0.151 e. The monoisotopic (exact) mass is 325 g/mol. The first-order valence-corrected chi connectivity index (χ1v) is 7.60. The first kappa shape index (κ1) is 14.3. The summed E-state index contributed by atoms with van der Waals surface area (Å²) in [6.45, 7) is 5.65. The van der Waals surface area contributed by atoms with Crippen molar-refractivity contribution in [2.45, 2.75) is 25.3 Å². The lowest BCUT2D eigenvalue weighted by Gasteiger charge is -2.18. The standard InChI is InChI=1S/C14H20BrN3O/c1-11(2)19-9-8-17(3)14-12(10-15)18-7-5-4-6-13(18)16-14/h4-7,11H,8-10H2,1-3H3. The molecule has 0 radical (unpaired) electrons. The van der Waals surface area contributed by atoms with Crippen LogP contribution in [0.4, 0.5) is 5.82 Å². The molecule has 5 heteroatoms. The molecule has 0 amide bonds. The van der Waals surface area contributed by atoms with Gasteiger partial charge in [0.05, 0.1) is 18.4 Å². The third-order valence-corrected chi connectivity index (χ3v) is 3.50. The number of aromatic nitrogens is 2. The number of alkyl halides is 1. The Kier molecular flexibility index (Phi) is 4.82. The Morgan fingerprint density at radius 1 is 1.42 bits per heavy atom. The Bertz CT molecular complexity index is 538. The minimum Gasteiger partial charge on any atom is -0.377 e. The number of imidazole rings is 1. The number of halogens is 1. The van der Waals surface area contributed by atoms with Gasteiger partial charge < -0.3 is 14.0 Å². The normalized spacial score (nSPS) is 11.4. The van der Waals surface area contributed by atoms with Crippen molar-refractivity contribution in [2.75, 3.05) is 25.1 Å². The van der Waals surface area contributed by atoms with E-state index in [0.717, 1.165) is 23.3 Å². The fourth-order valence-corrected chi connectivity index (χ4v) is 2.52. The van der Waals surface area contributed by atoms with Crippen LogP contribution in [-0.2, 0) is 10.1 Å². The van der Waals surface area contributed by atoms with Gasteiger partial charge in [0.15, 0.2) is 5.82 Å². The second-order valence-corrected chi connectivity index (χ2v) is 5.35. The van der Waals surface area contributed by atoms with Gasteiger partial charge in [-0.05, 0) is 26.0 Å². The highest BCUT2D eigenvalue weighted by molar-refractivity contribution is 9.08. The van der Waals surface area contributed by atoms with Crippen molar-refractivity contribution in [3.05, 3.63) is 30.1 Å². The summed E-state index contributed by atoms with van der Waals surface area (Å²) in [5.74, 6) is 1.01. The number of hydrogen-bond donors (Lipinski definition) is 0. The van der Waals surface area contributed by atoms with E-state index in [-0.39, 0.29) is 6.10 Å². The van der Waals surface area contributed by atoms with Crippen molar-refractivity contribution >= 4 is 27.4 Å². The Balaban J connectivity index is 2.19. The van der Waals surface area contributed by atoms with Crippen LogP contribution in [0, 0.1) is 0 Å². The number of rotatable bonds is 6. The van der Waals surface area contributed by atoms with Crippen molar-refractivity contribution in [1.29, 1.82) is 0 Å². The van der Waals surface area contributed by atoms with Crippen LogP contribution in [-0.4, -0.2) is 35.7 Å². The maximum absolute atomic E-state index is 5.59. The molecule has 19 heavy (non-hydrogen) atoms. The highest BCUT2D eigenvalue weighted by atomic mass is 79.9. The van der Waals surface area contributed by atoms with Gasteiger partial charge in [-0.15, -0.1) is 0 Å². The molecule has 2 heterocycles. The zero-order valence-corrected chi connectivity index (χ0v) is 13.2. The zero-order valence-electron chi connectivity index (χ0n) is 11.6. The van der Waals surface area contributed by atoms with Crippen LogP contribution in [0.15, 0.2) is 24.4 Å². The van der Waals surface area contributed by atoms with Gasteiger partial charge >= 0.3 is 0 Å². The molecule has 0 aliphatic rings. The second kappa shape index (κ2) is 6.39. The maximum atomic E-state index is 5.59. The SMILES string of the molecule is CC(C)OCCN(C)c1nc2ccccn2c1CBr. The summed E-state index contributed by atoms with van der Waals surface area (Å²) in [5, 5.41) is 0.781. The molecular weight excluding hydrogens is 306 g/mol. The summed E-state index contributed by atoms with van der Waals surface area (Å²) in [6.07, 6.45) is 2.31. The summed E-state index contributed by atoms with van der Waals surface area (Å²) < 4.78 is 7.71. The highest BCUT2D eigenvalue weighted by Crippen LogP contribution is 2.22. The maximum Gasteiger partial charge on any atom is 0.151 e. The molecule has 0 atom stereocenters. The van der Waals surface area contributed by atoms with Gasteiger partial charge in [-0.2, -0.15) is 0 Å². The van der Waals surface area contributed by atoms with Crippen molar-refractivity contribution in [1.82, 2.24) is 9.38 Å². The molecule has 2 rings (SSSR count). The van der Waals surface area contributed by atoms with Crippen LogP contribution in [0.1, 0.15) is 19.5 Å². The molecular formula is C14H20BrN3O. The molecule has 0 aliphatic carbocycles. The summed E-state index contributed by atoms with van der Waals surface area (Å²) in [6, 6.07) is 6.05. The van der Waals surface area contributed by atoms with E-state index in [1.165, 1.54) is 5.69 Å². The van der Waals surface area contributed by atoms with Gasteiger partial charge in [0.1, 0.15) is 5.65 Å². The fourth-order valence-electron chi connectivity index (χ4n) is 2.00. The molecule has 0 N–H and O–H groups in total. The highest BCUT2D eigenvalue weighted by Gasteiger charge is 2.14. The predicted molar refractivity (Wildman–Crippen MR) is 82.2 cm³/mol. The molecule has 2 aromatic heterocycles. The zero-order chi connectivity index (χ0) is 13.8. The first-order valence-electron chi connectivity index (χ1n) is 6.48. The van der Waals surface area contributed by atoms with E-state index in [9.17, 15) is 0 Å². The number of likely N-dealkylation sites (N-methyl/N-ethyl adjacent to an activating group) is 1. The minimum absolute atomic E-state index is 0.269. The fraction of sp³-hybridized carbons (Fsp3) is 0.500. The van der Waals surface area contributed by atoms with Crippen LogP contribution >= 0.6 is 15.9 Å². The van der Waals surface area contributed by atoms with Crippen LogP contribution in [0.25, 0.3) is 5.65 Å². The predicted octanol–water partition coefficient (Wildman–Crippen LogP) is 3.09.